The first-order chi connectivity index (χ1) is 9.74. The number of hydrogen-bond acceptors (Lipinski definition) is 3. The monoisotopic (exact) mass is 287 g/mol. The van der Waals surface area contributed by atoms with Crippen molar-refractivity contribution in [3.05, 3.63) is 63.9 Å². The first kappa shape index (κ1) is 14.3. The number of aryl methyl sites for hydroxylation is 1. The van der Waals surface area contributed by atoms with Gasteiger partial charge in [0, 0.05) is 11.4 Å². The van der Waals surface area contributed by atoms with Crippen LogP contribution in [0.3, 0.4) is 0 Å². The van der Waals surface area contributed by atoms with Crippen molar-refractivity contribution in [3.8, 4) is 0 Å². The number of nitrogens with one attached hydrogen (secondary N) is 1. The van der Waals surface area contributed by atoms with Gasteiger partial charge in [0.05, 0.1) is 0 Å². The minimum atomic E-state index is -0.402. The summed E-state index contributed by atoms with van der Waals surface area (Å²) in [7, 11) is 0. The second-order valence-corrected chi connectivity index (χ2v) is 5.31. The van der Waals surface area contributed by atoms with Crippen LogP contribution in [0, 0.1) is 6.92 Å². The summed E-state index contributed by atoms with van der Waals surface area (Å²) in [4.78, 5) is 12.6. The van der Waals surface area contributed by atoms with Gasteiger partial charge < -0.3 is 10.1 Å². The van der Waals surface area contributed by atoms with Crippen molar-refractivity contribution < 1.29 is 9.53 Å². The first-order valence-corrected chi connectivity index (χ1v) is 7.28. The van der Waals surface area contributed by atoms with E-state index in [9.17, 15) is 4.79 Å². The Hall–Kier alpha value is -2.07. The van der Waals surface area contributed by atoms with E-state index in [1.807, 2.05) is 42.5 Å². The van der Waals surface area contributed by atoms with Gasteiger partial charge in [0.15, 0.2) is 0 Å². The van der Waals surface area contributed by atoms with Crippen molar-refractivity contribution in [2.45, 2.75) is 13.5 Å². The predicted octanol–water partition coefficient (Wildman–Crippen LogP) is 4.00. The van der Waals surface area contributed by atoms with Gasteiger partial charge in [-0.1, -0.05) is 36.4 Å². The molecule has 0 aliphatic heterocycles. The molecule has 0 saturated heterocycles. The van der Waals surface area contributed by atoms with Gasteiger partial charge in [0.2, 0.25) is 0 Å². The van der Waals surface area contributed by atoms with Gasteiger partial charge in [-0.15, -0.1) is 11.3 Å². The van der Waals surface area contributed by atoms with E-state index in [-0.39, 0.29) is 0 Å². The summed E-state index contributed by atoms with van der Waals surface area (Å²) in [6.07, 6.45) is 3.50. The van der Waals surface area contributed by atoms with Gasteiger partial charge in [-0.2, -0.15) is 0 Å². The fourth-order valence-corrected chi connectivity index (χ4v) is 2.45. The van der Waals surface area contributed by atoms with E-state index in [2.05, 4.69) is 23.7 Å². The van der Waals surface area contributed by atoms with Gasteiger partial charge in [-0.3, -0.25) is 0 Å². The lowest BCUT2D eigenvalue weighted by Crippen LogP contribution is -2.24. The van der Waals surface area contributed by atoms with Crippen LogP contribution >= 0.6 is 11.3 Å². The number of ether oxygens (including phenoxy) is 1. The normalized spacial score (nSPS) is 10.7. The molecule has 0 spiro atoms. The molecule has 0 bridgehead atoms. The lowest BCUT2D eigenvalue weighted by atomic mass is 10.2. The third-order valence-electron chi connectivity index (χ3n) is 2.61. The molecule has 0 unspecified atom stereocenters. The Morgan fingerprint density at radius 1 is 1.35 bits per heavy atom. The quantitative estimate of drug-likeness (QED) is 0.902. The van der Waals surface area contributed by atoms with Crippen molar-refractivity contribution in [1.82, 2.24) is 5.32 Å². The molecule has 1 aromatic heterocycles. The molecular weight excluding hydrogens is 270 g/mol. The lowest BCUT2D eigenvalue weighted by molar-refractivity contribution is 0.141. The molecule has 0 radical (unpaired) electrons. The second-order valence-electron chi connectivity index (χ2n) is 4.37. The topological polar surface area (TPSA) is 38.3 Å². The lowest BCUT2D eigenvalue weighted by Gasteiger charge is -2.04. The summed E-state index contributed by atoms with van der Waals surface area (Å²) in [6.45, 7) is 2.82. The van der Waals surface area contributed by atoms with Crippen LogP contribution < -0.4 is 5.32 Å². The minimum absolute atomic E-state index is 0.292. The Bertz CT molecular complexity index is 575. The summed E-state index contributed by atoms with van der Waals surface area (Å²) in [5, 5.41) is 4.79. The number of rotatable bonds is 5. The number of carbonyl (C=O) groups is 1. The maximum atomic E-state index is 11.5. The van der Waals surface area contributed by atoms with E-state index in [4.69, 9.17) is 4.74 Å². The van der Waals surface area contributed by atoms with E-state index in [1.165, 1.54) is 10.4 Å². The molecule has 2 rings (SSSR count). The van der Waals surface area contributed by atoms with Crippen molar-refractivity contribution >= 4 is 23.5 Å². The van der Waals surface area contributed by atoms with Gasteiger partial charge in [-0.05, 0) is 35.6 Å². The third-order valence-corrected chi connectivity index (χ3v) is 3.63. The Morgan fingerprint density at radius 3 is 2.85 bits per heavy atom. The highest BCUT2D eigenvalue weighted by molar-refractivity contribution is 7.11. The summed E-state index contributed by atoms with van der Waals surface area (Å²) in [6, 6.07) is 11.7. The maximum Gasteiger partial charge on any atom is 0.407 e. The third kappa shape index (κ3) is 4.90. The van der Waals surface area contributed by atoms with Crippen LogP contribution in [0.5, 0.6) is 0 Å². The fourth-order valence-electron chi connectivity index (χ4n) is 1.63. The minimum Gasteiger partial charge on any atom is -0.445 e. The molecule has 0 saturated carbocycles. The Kier molecular flexibility index (Phi) is 5.38. The van der Waals surface area contributed by atoms with Crippen molar-refractivity contribution in [1.29, 1.82) is 0 Å². The highest BCUT2D eigenvalue weighted by Gasteiger charge is 2.00. The highest BCUT2D eigenvalue weighted by atomic mass is 32.1. The zero-order valence-corrected chi connectivity index (χ0v) is 12.2. The molecule has 0 atom stereocenters. The Balaban J connectivity index is 1.66. The Morgan fingerprint density at radius 2 is 2.15 bits per heavy atom. The van der Waals surface area contributed by atoms with E-state index < -0.39 is 6.09 Å². The van der Waals surface area contributed by atoms with Crippen LogP contribution in [0.25, 0.3) is 6.08 Å². The number of benzene rings is 1. The molecule has 4 heteroatoms. The molecule has 3 nitrogen and oxygen atoms in total. The van der Waals surface area contributed by atoms with Crippen molar-refractivity contribution in [2.75, 3.05) is 6.54 Å². The Labute approximate surface area is 122 Å². The zero-order valence-electron chi connectivity index (χ0n) is 11.3. The standard InChI is InChI=1S/C16H17NO2S/c1-13-10-15(20-12-13)8-5-9-17-16(18)19-11-14-6-3-2-4-7-14/h2-8,10,12H,9,11H2,1H3,(H,17,18). The molecule has 2 aromatic rings. The fraction of sp³-hybridized carbons (Fsp3) is 0.188. The van der Waals surface area contributed by atoms with Crippen LogP contribution in [0.2, 0.25) is 0 Å². The zero-order chi connectivity index (χ0) is 14.2. The largest absolute Gasteiger partial charge is 0.445 e. The van der Waals surface area contributed by atoms with Crippen LogP contribution in [0.1, 0.15) is 16.0 Å². The van der Waals surface area contributed by atoms with E-state index in [0.29, 0.717) is 13.2 Å². The number of thiophene rings is 1. The summed E-state index contributed by atoms with van der Waals surface area (Å²) >= 11 is 1.69. The molecule has 1 amide bonds. The second kappa shape index (κ2) is 7.50. The summed E-state index contributed by atoms with van der Waals surface area (Å²) < 4.78 is 5.10. The van der Waals surface area contributed by atoms with Crippen LogP contribution in [0.15, 0.2) is 47.9 Å². The van der Waals surface area contributed by atoms with Crippen molar-refractivity contribution in [3.63, 3.8) is 0 Å². The van der Waals surface area contributed by atoms with Crippen LogP contribution in [0.4, 0.5) is 4.79 Å². The maximum absolute atomic E-state index is 11.5. The summed E-state index contributed by atoms with van der Waals surface area (Å²) in [5.41, 5.74) is 2.23. The smallest absolute Gasteiger partial charge is 0.407 e. The molecule has 0 aliphatic carbocycles. The molecule has 1 heterocycles. The van der Waals surface area contributed by atoms with Crippen LogP contribution in [-0.2, 0) is 11.3 Å². The number of amides is 1. The molecule has 1 N–H and O–H groups in total. The van der Waals surface area contributed by atoms with Gasteiger partial charge in [0.1, 0.15) is 6.61 Å². The SMILES string of the molecule is Cc1csc(C=CCNC(=O)OCc2ccccc2)c1. The average molecular weight is 287 g/mol. The first-order valence-electron chi connectivity index (χ1n) is 6.40. The van der Waals surface area contributed by atoms with E-state index >= 15 is 0 Å². The van der Waals surface area contributed by atoms with Gasteiger partial charge in [0.25, 0.3) is 0 Å². The number of hydrogen-bond donors (Lipinski definition) is 1. The van der Waals surface area contributed by atoms with Crippen LogP contribution in [-0.4, -0.2) is 12.6 Å². The highest BCUT2D eigenvalue weighted by Crippen LogP contribution is 2.14. The number of alkyl carbamates (subject to hydrolysis) is 1. The summed E-state index contributed by atoms with van der Waals surface area (Å²) in [5.74, 6) is 0. The predicted molar refractivity (Wildman–Crippen MR) is 82.7 cm³/mol. The molecule has 1 aromatic carbocycles. The van der Waals surface area contributed by atoms with Gasteiger partial charge in [-0.25, -0.2) is 4.79 Å². The molecule has 0 aliphatic rings. The average Bonchev–Trinajstić information content (AvgIpc) is 2.88. The molecule has 20 heavy (non-hydrogen) atoms. The molecular formula is C16H17NO2S. The van der Waals surface area contributed by atoms with E-state index in [1.54, 1.807) is 11.3 Å². The number of carbonyl (C=O) groups excluding carboxylic acids is 1. The van der Waals surface area contributed by atoms with Gasteiger partial charge >= 0.3 is 6.09 Å². The van der Waals surface area contributed by atoms with E-state index in [0.717, 1.165) is 5.56 Å². The van der Waals surface area contributed by atoms with Crippen molar-refractivity contribution in [2.24, 2.45) is 0 Å². The molecule has 0 fully saturated rings. The molecule has 104 valence electrons.